The zero-order valence-corrected chi connectivity index (χ0v) is 15.1. The van der Waals surface area contributed by atoms with E-state index < -0.39 is 5.60 Å². The van der Waals surface area contributed by atoms with E-state index in [2.05, 4.69) is 0 Å². The SMILES string of the molecule is O=C1CC(=O)OC(CCc2ccc3c(c2)OCCO3)(C2CCCCC2)C1. The Balaban J connectivity index is 1.53. The van der Waals surface area contributed by atoms with Crippen molar-refractivity contribution in [2.45, 2.75) is 63.4 Å². The van der Waals surface area contributed by atoms with Gasteiger partial charge in [0.05, 0.1) is 0 Å². The zero-order valence-electron chi connectivity index (χ0n) is 15.1. The monoisotopic (exact) mass is 358 g/mol. The van der Waals surface area contributed by atoms with Crippen molar-refractivity contribution in [1.29, 1.82) is 0 Å². The Morgan fingerprint density at radius 2 is 1.77 bits per heavy atom. The van der Waals surface area contributed by atoms with Crippen LogP contribution in [0.1, 0.15) is 56.9 Å². The number of Topliss-reactive ketones (excluding diaryl/α,β-unsaturated/α-hetero) is 1. The smallest absolute Gasteiger partial charge is 0.313 e. The molecule has 2 fully saturated rings. The van der Waals surface area contributed by atoms with Crippen LogP contribution in [-0.2, 0) is 20.7 Å². The number of fused-ring (bicyclic) bond motifs is 1. The van der Waals surface area contributed by atoms with Gasteiger partial charge in [0.25, 0.3) is 0 Å². The minimum absolute atomic E-state index is 0.0222. The van der Waals surface area contributed by atoms with Gasteiger partial charge in [0, 0.05) is 6.42 Å². The fraction of sp³-hybridized carbons (Fsp3) is 0.619. The summed E-state index contributed by atoms with van der Waals surface area (Å²) in [5.41, 5.74) is 0.499. The first-order chi connectivity index (χ1) is 12.6. The molecule has 5 heteroatoms. The second-order valence-corrected chi connectivity index (χ2v) is 7.74. The van der Waals surface area contributed by atoms with Gasteiger partial charge < -0.3 is 14.2 Å². The maximum atomic E-state index is 12.2. The minimum atomic E-state index is -0.625. The van der Waals surface area contributed by atoms with Crippen molar-refractivity contribution in [2.75, 3.05) is 13.2 Å². The summed E-state index contributed by atoms with van der Waals surface area (Å²) in [6, 6.07) is 5.99. The van der Waals surface area contributed by atoms with Crippen LogP contribution in [0.2, 0.25) is 0 Å². The molecule has 1 saturated carbocycles. The molecular weight excluding hydrogens is 332 g/mol. The van der Waals surface area contributed by atoms with E-state index in [0.29, 0.717) is 32.0 Å². The summed E-state index contributed by atoms with van der Waals surface area (Å²) >= 11 is 0. The summed E-state index contributed by atoms with van der Waals surface area (Å²) < 4.78 is 17.1. The van der Waals surface area contributed by atoms with Crippen LogP contribution >= 0.6 is 0 Å². The van der Waals surface area contributed by atoms with Crippen LogP contribution in [0.25, 0.3) is 0 Å². The van der Waals surface area contributed by atoms with Crippen molar-refractivity contribution < 1.29 is 23.8 Å². The number of ether oxygens (including phenoxy) is 3. The van der Waals surface area contributed by atoms with E-state index in [9.17, 15) is 9.59 Å². The summed E-state index contributed by atoms with van der Waals surface area (Å²) in [5.74, 6) is 1.52. The molecular formula is C21H26O5. The molecule has 0 amide bonds. The lowest BCUT2D eigenvalue weighted by atomic mass is 9.70. The Kier molecular flexibility index (Phi) is 4.88. The number of aryl methyl sites for hydroxylation is 1. The molecule has 1 atom stereocenters. The molecule has 1 saturated heterocycles. The largest absolute Gasteiger partial charge is 0.486 e. The molecule has 1 unspecified atom stereocenters. The Hall–Kier alpha value is -2.04. The first-order valence-electron chi connectivity index (χ1n) is 9.77. The molecule has 5 nitrogen and oxygen atoms in total. The summed E-state index contributed by atoms with van der Waals surface area (Å²) in [4.78, 5) is 24.3. The van der Waals surface area contributed by atoms with Crippen LogP contribution in [0.15, 0.2) is 18.2 Å². The Bertz CT molecular complexity index is 674. The molecule has 1 aromatic rings. The lowest BCUT2D eigenvalue weighted by Gasteiger charge is -2.44. The second kappa shape index (κ2) is 7.29. The minimum Gasteiger partial charge on any atom is -0.486 e. The summed E-state index contributed by atoms with van der Waals surface area (Å²) in [6.45, 7) is 1.14. The molecule has 0 aromatic heterocycles. The number of rotatable bonds is 4. The van der Waals surface area contributed by atoms with E-state index in [1.165, 1.54) is 6.42 Å². The van der Waals surface area contributed by atoms with Crippen LogP contribution in [0.4, 0.5) is 0 Å². The van der Waals surface area contributed by atoms with Crippen molar-refractivity contribution in [3.63, 3.8) is 0 Å². The van der Waals surface area contributed by atoms with Gasteiger partial charge >= 0.3 is 5.97 Å². The molecule has 4 rings (SSSR count). The third-order valence-electron chi connectivity index (χ3n) is 5.95. The van der Waals surface area contributed by atoms with Gasteiger partial charge in [-0.3, -0.25) is 9.59 Å². The van der Waals surface area contributed by atoms with E-state index in [-0.39, 0.29) is 18.2 Å². The fourth-order valence-electron chi connectivity index (χ4n) is 4.66. The Morgan fingerprint density at radius 3 is 2.54 bits per heavy atom. The normalized spacial score (nSPS) is 26.5. The van der Waals surface area contributed by atoms with E-state index in [4.69, 9.17) is 14.2 Å². The average Bonchev–Trinajstić information content (AvgIpc) is 2.66. The quantitative estimate of drug-likeness (QED) is 0.608. The zero-order chi connectivity index (χ0) is 18.0. The second-order valence-electron chi connectivity index (χ2n) is 7.74. The maximum Gasteiger partial charge on any atom is 0.313 e. The topological polar surface area (TPSA) is 61.8 Å². The number of esters is 1. The molecule has 2 heterocycles. The summed E-state index contributed by atoms with van der Waals surface area (Å²) in [5, 5.41) is 0. The van der Waals surface area contributed by atoms with E-state index in [0.717, 1.165) is 49.2 Å². The van der Waals surface area contributed by atoms with E-state index >= 15 is 0 Å². The third-order valence-corrected chi connectivity index (χ3v) is 5.95. The van der Waals surface area contributed by atoms with Crippen LogP contribution in [-0.4, -0.2) is 30.6 Å². The first kappa shape index (κ1) is 17.4. The number of carbonyl (C=O) groups is 2. The molecule has 0 spiro atoms. The molecule has 1 aliphatic carbocycles. The van der Waals surface area contributed by atoms with Gasteiger partial charge in [-0.25, -0.2) is 0 Å². The number of carbonyl (C=O) groups excluding carboxylic acids is 2. The standard InChI is InChI=1S/C21H26O5/c22-17-13-20(23)26-21(14-17,16-4-2-1-3-5-16)9-8-15-6-7-18-19(12-15)25-11-10-24-18/h6-7,12,16H,1-5,8-11,13-14H2. The lowest BCUT2D eigenvalue weighted by molar-refractivity contribution is -0.180. The van der Waals surface area contributed by atoms with E-state index in [1.54, 1.807) is 0 Å². The third kappa shape index (κ3) is 3.57. The van der Waals surface area contributed by atoms with E-state index in [1.807, 2.05) is 18.2 Å². The molecule has 1 aromatic carbocycles. The predicted molar refractivity (Wildman–Crippen MR) is 95.4 cm³/mol. The van der Waals surface area contributed by atoms with Crippen molar-refractivity contribution >= 4 is 11.8 Å². The highest BCUT2D eigenvalue weighted by Gasteiger charge is 2.47. The molecule has 2 aliphatic heterocycles. The van der Waals surface area contributed by atoms with Crippen LogP contribution in [0, 0.1) is 5.92 Å². The van der Waals surface area contributed by atoms with Gasteiger partial charge in [-0.15, -0.1) is 0 Å². The van der Waals surface area contributed by atoms with Crippen molar-refractivity contribution in [3.05, 3.63) is 23.8 Å². The highest BCUT2D eigenvalue weighted by atomic mass is 16.6. The van der Waals surface area contributed by atoms with Crippen molar-refractivity contribution in [3.8, 4) is 11.5 Å². The number of hydrogen-bond donors (Lipinski definition) is 0. The first-order valence-corrected chi connectivity index (χ1v) is 9.77. The number of benzene rings is 1. The average molecular weight is 358 g/mol. The van der Waals surface area contributed by atoms with Crippen LogP contribution in [0.3, 0.4) is 0 Å². The van der Waals surface area contributed by atoms with Gasteiger partial charge in [0.15, 0.2) is 11.5 Å². The van der Waals surface area contributed by atoms with Gasteiger partial charge in [0.2, 0.25) is 0 Å². The molecule has 140 valence electrons. The van der Waals surface area contributed by atoms with Gasteiger partial charge in [-0.1, -0.05) is 25.3 Å². The maximum absolute atomic E-state index is 12.2. The summed E-state index contributed by atoms with van der Waals surface area (Å²) in [6.07, 6.45) is 7.37. The fourth-order valence-corrected chi connectivity index (χ4v) is 4.66. The molecule has 26 heavy (non-hydrogen) atoms. The number of hydrogen-bond acceptors (Lipinski definition) is 5. The highest BCUT2D eigenvalue weighted by Crippen LogP contribution is 2.43. The van der Waals surface area contributed by atoms with Crippen LogP contribution in [0.5, 0.6) is 11.5 Å². The van der Waals surface area contributed by atoms with Gasteiger partial charge in [-0.05, 0) is 49.3 Å². The summed E-state index contributed by atoms with van der Waals surface area (Å²) in [7, 11) is 0. The lowest BCUT2D eigenvalue weighted by Crippen LogP contribution is -2.49. The highest BCUT2D eigenvalue weighted by molar-refractivity contribution is 5.98. The van der Waals surface area contributed by atoms with Crippen molar-refractivity contribution in [2.24, 2.45) is 5.92 Å². The predicted octanol–water partition coefficient (Wildman–Crippen LogP) is 3.62. The molecule has 0 radical (unpaired) electrons. The number of ketones is 1. The van der Waals surface area contributed by atoms with Gasteiger partial charge in [-0.2, -0.15) is 0 Å². The Labute approximate surface area is 154 Å². The Morgan fingerprint density at radius 1 is 1.00 bits per heavy atom. The molecule has 0 N–H and O–H groups in total. The van der Waals surface area contributed by atoms with Crippen molar-refractivity contribution in [1.82, 2.24) is 0 Å². The van der Waals surface area contributed by atoms with Crippen LogP contribution < -0.4 is 9.47 Å². The molecule has 0 bridgehead atoms. The number of cyclic esters (lactones) is 1. The molecule has 3 aliphatic rings. The van der Waals surface area contributed by atoms with Gasteiger partial charge in [0.1, 0.15) is 31.0 Å².